The summed E-state index contributed by atoms with van der Waals surface area (Å²) in [6.45, 7) is 11.3. The summed E-state index contributed by atoms with van der Waals surface area (Å²) in [5.74, 6) is 0.799. The molecule has 0 fully saturated rings. The predicted molar refractivity (Wildman–Crippen MR) is 238 cm³/mol. The largest absolute Gasteiger partial charge is 0.462 e. The van der Waals surface area contributed by atoms with Crippen molar-refractivity contribution < 1.29 is 28.6 Å². The van der Waals surface area contributed by atoms with Crippen molar-refractivity contribution in [1.82, 2.24) is 0 Å². The number of carbonyl (C=O) groups is 3. The summed E-state index contributed by atoms with van der Waals surface area (Å²) >= 11 is 0. The fourth-order valence-electron chi connectivity index (χ4n) is 7.46. The molecule has 0 aromatic heterocycles. The maximum absolute atomic E-state index is 12.7. The number of unbranched alkanes of at least 4 members (excludes halogenated alkanes) is 29. The van der Waals surface area contributed by atoms with Gasteiger partial charge >= 0.3 is 17.9 Å². The van der Waals surface area contributed by atoms with E-state index in [1.807, 2.05) is 0 Å². The van der Waals surface area contributed by atoms with E-state index < -0.39 is 6.10 Å². The van der Waals surface area contributed by atoms with Gasteiger partial charge in [-0.05, 0) is 31.1 Å². The highest BCUT2D eigenvalue weighted by Gasteiger charge is 2.19. The quantitative estimate of drug-likeness (QED) is 0.0347. The number of esters is 3. The SMILES string of the molecule is CCCCCCCCCCCCC(=O)OC[C@H](COC(=O)CCCCCCCCCCCCCC(C)C)OC(=O)CCCCCCCCCCCCCC(C)C. The van der Waals surface area contributed by atoms with E-state index in [1.165, 1.54) is 161 Å². The second-order valence-electron chi connectivity index (χ2n) is 18.1. The van der Waals surface area contributed by atoms with Crippen LogP contribution in [-0.2, 0) is 28.6 Å². The third-order valence-electron chi connectivity index (χ3n) is 11.2. The highest BCUT2D eigenvalue weighted by molar-refractivity contribution is 5.71. The summed E-state index contributed by atoms with van der Waals surface area (Å²) in [5.41, 5.74) is 0. The van der Waals surface area contributed by atoms with Crippen molar-refractivity contribution in [3.05, 3.63) is 0 Å². The van der Waals surface area contributed by atoms with Gasteiger partial charge in [-0.25, -0.2) is 0 Å². The summed E-state index contributed by atoms with van der Waals surface area (Å²) in [6, 6.07) is 0. The fourth-order valence-corrected chi connectivity index (χ4v) is 7.46. The minimum atomic E-state index is -0.760. The molecule has 56 heavy (non-hydrogen) atoms. The average molecular weight is 793 g/mol. The minimum Gasteiger partial charge on any atom is -0.462 e. The first-order chi connectivity index (χ1) is 27.2. The van der Waals surface area contributed by atoms with Crippen molar-refractivity contribution in [2.24, 2.45) is 11.8 Å². The van der Waals surface area contributed by atoms with Gasteiger partial charge < -0.3 is 14.2 Å². The van der Waals surface area contributed by atoms with Gasteiger partial charge in [0.15, 0.2) is 6.10 Å². The van der Waals surface area contributed by atoms with Gasteiger partial charge in [0, 0.05) is 19.3 Å². The Morgan fingerprint density at radius 3 is 0.875 bits per heavy atom. The van der Waals surface area contributed by atoms with E-state index in [0.29, 0.717) is 19.3 Å². The van der Waals surface area contributed by atoms with Crippen LogP contribution in [0.25, 0.3) is 0 Å². The third kappa shape index (κ3) is 43.5. The maximum atomic E-state index is 12.7. The monoisotopic (exact) mass is 793 g/mol. The summed E-state index contributed by atoms with van der Waals surface area (Å²) in [4.78, 5) is 37.8. The van der Waals surface area contributed by atoms with Crippen LogP contribution in [0.2, 0.25) is 0 Å². The molecule has 0 N–H and O–H groups in total. The van der Waals surface area contributed by atoms with Gasteiger partial charge in [-0.3, -0.25) is 14.4 Å². The Morgan fingerprint density at radius 2 is 0.589 bits per heavy atom. The first-order valence-electron chi connectivity index (χ1n) is 24.7. The molecule has 6 nitrogen and oxygen atoms in total. The molecule has 0 aromatic rings. The van der Waals surface area contributed by atoms with Crippen LogP contribution in [0.15, 0.2) is 0 Å². The zero-order valence-electron chi connectivity index (χ0n) is 38.3. The van der Waals surface area contributed by atoms with Gasteiger partial charge in [0.25, 0.3) is 0 Å². The van der Waals surface area contributed by atoms with E-state index in [-0.39, 0.29) is 31.1 Å². The lowest BCUT2D eigenvalue weighted by molar-refractivity contribution is -0.167. The van der Waals surface area contributed by atoms with E-state index in [0.717, 1.165) is 69.6 Å². The Bertz CT molecular complexity index is 854. The first kappa shape index (κ1) is 54.4. The van der Waals surface area contributed by atoms with Crippen LogP contribution >= 0.6 is 0 Å². The Labute approximate surface area is 348 Å². The van der Waals surface area contributed by atoms with Crippen LogP contribution in [0.1, 0.15) is 272 Å². The lowest BCUT2D eigenvalue weighted by Gasteiger charge is -2.18. The molecule has 0 heterocycles. The number of carbonyl (C=O) groups excluding carboxylic acids is 3. The average Bonchev–Trinajstić information content (AvgIpc) is 3.16. The normalized spacial score (nSPS) is 12.1. The Balaban J connectivity index is 4.31. The van der Waals surface area contributed by atoms with E-state index >= 15 is 0 Å². The third-order valence-corrected chi connectivity index (χ3v) is 11.2. The summed E-state index contributed by atoms with van der Waals surface area (Å²) in [5, 5.41) is 0. The Hall–Kier alpha value is -1.59. The summed E-state index contributed by atoms with van der Waals surface area (Å²) in [7, 11) is 0. The molecule has 0 bridgehead atoms. The Morgan fingerprint density at radius 1 is 0.339 bits per heavy atom. The maximum Gasteiger partial charge on any atom is 0.306 e. The van der Waals surface area contributed by atoms with Crippen molar-refractivity contribution in [3.8, 4) is 0 Å². The van der Waals surface area contributed by atoms with E-state index in [9.17, 15) is 14.4 Å². The molecule has 0 aliphatic heterocycles. The second-order valence-corrected chi connectivity index (χ2v) is 18.1. The molecule has 0 aliphatic rings. The van der Waals surface area contributed by atoms with Gasteiger partial charge in [-0.2, -0.15) is 0 Å². The van der Waals surface area contributed by atoms with Gasteiger partial charge in [-0.15, -0.1) is 0 Å². The predicted octanol–water partition coefficient (Wildman–Crippen LogP) is 15.8. The van der Waals surface area contributed by atoms with Crippen LogP contribution < -0.4 is 0 Å². The summed E-state index contributed by atoms with van der Waals surface area (Å²) in [6.07, 6.45) is 42.3. The Kier molecular flexibility index (Phi) is 41.8. The molecule has 0 aliphatic carbocycles. The smallest absolute Gasteiger partial charge is 0.306 e. The van der Waals surface area contributed by atoms with Gasteiger partial charge in [0.05, 0.1) is 0 Å². The fraction of sp³-hybridized carbons (Fsp3) is 0.940. The standard InChI is InChI=1S/C50H96O6/c1-6-7-8-9-10-11-20-25-30-35-40-48(51)54-43-47(56-50(53)42-37-32-27-22-17-13-15-19-24-29-34-39-46(4)5)44-55-49(52)41-36-31-26-21-16-12-14-18-23-28-33-38-45(2)3/h45-47H,6-44H2,1-5H3/t47-/m1/s1. The van der Waals surface area contributed by atoms with Crippen LogP contribution in [0.3, 0.4) is 0 Å². The zero-order chi connectivity index (χ0) is 41.2. The zero-order valence-corrected chi connectivity index (χ0v) is 38.3. The molecule has 1 atom stereocenters. The lowest BCUT2D eigenvalue weighted by Crippen LogP contribution is -2.30. The van der Waals surface area contributed by atoms with Crippen LogP contribution in [0.5, 0.6) is 0 Å². The second kappa shape index (κ2) is 43.0. The van der Waals surface area contributed by atoms with Crippen LogP contribution in [0.4, 0.5) is 0 Å². The first-order valence-corrected chi connectivity index (χ1v) is 24.7. The molecule has 0 radical (unpaired) electrons. The molecule has 0 saturated heterocycles. The van der Waals surface area contributed by atoms with Gasteiger partial charge in [-0.1, -0.05) is 234 Å². The molecule has 0 aromatic carbocycles. The lowest BCUT2D eigenvalue weighted by atomic mass is 10.0. The van der Waals surface area contributed by atoms with Crippen molar-refractivity contribution in [2.45, 2.75) is 278 Å². The molecule has 0 spiro atoms. The van der Waals surface area contributed by atoms with Crippen LogP contribution in [0, 0.1) is 11.8 Å². The van der Waals surface area contributed by atoms with Crippen molar-refractivity contribution in [3.63, 3.8) is 0 Å². The van der Waals surface area contributed by atoms with E-state index in [2.05, 4.69) is 34.6 Å². The molecular formula is C50H96O6. The topological polar surface area (TPSA) is 78.9 Å². The molecule has 332 valence electrons. The molecular weight excluding hydrogens is 697 g/mol. The number of hydrogen-bond acceptors (Lipinski definition) is 6. The van der Waals surface area contributed by atoms with Crippen molar-refractivity contribution in [1.29, 1.82) is 0 Å². The number of rotatable bonds is 44. The minimum absolute atomic E-state index is 0.0642. The van der Waals surface area contributed by atoms with Gasteiger partial charge in [0.1, 0.15) is 13.2 Å². The highest BCUT2D eigenvalue weighted by atomic mass is 16.6. The van der Waals surface area contributed by atoms with Gasteiger partial charge in [0.2, 0.25) is 0 Å². The summed E-state index contributed by atoms with van der Waals surface area (Å²) < 4.78 is 16.8. The molecule has 0 rings (SSSR count). The van der Waals surface area contributed by atoms with Crippen molar-refractivity contribution >= 4 is 17.9 Å². The van der Waals surface area contributed by atoms with E-state index in [1.54, 1.807) is 0 Å². The van der Waals surface area contributed by atoms with E-state index in [4.69, 9.17) is 14.2 Å². The van der Waals surface area contributed by atoms with Crippen LogP contribution in [-0.4, -0.2) is 37.2 Å². The molecule has 6 heteroatoms. The molecule has 0 saturated carbocycles. The molecule has 0 amide bonds. The molecule has 0 unspecified atom stereocenters. The highest BCUT2D eigenvalue weighted by Crippen LogP contribution is 2.17. The van der Waals surface area contributed by atoms with Crippen molar-refractivity contribution in [2.75, 3.05) is 13.2 Å². The number of hydrogen-bond donors (Lipinski definition) is 0. The number of ether oxygens (including phenoxy) is 3.